The van der Waals surface area contributed by atoms with Crippen LogP contribution in [0.25, 0.3) is 0 Å². The van der Waals surface area contributed by atoms with Gasteiger partial charge in [-0.25, -0.2) is 4.79 Å². The van der Waals surface area contributed by atoms with E-state index in [1.54, 1.807) is 0 Å². The number of carboxylic acid groups (broad SMARTS) is 1. The van der Waals surface area contributed by atoms with Crippen LogP contribution in [0, 0.1) is 0 Å². The lowest BCUT2D eigenvalue weighted by Crippen LogP contribution is -2.17. The van der Waals surface area contributed by atoms with Crippen molar-refractivity contribution in [1.82, 2.24) is 5.32 Å². The highest BCUT2D eigenvalue weighted by molar-refractivity contribution is 5.67. The van der Waals surface area contributed by atoms with Crippen LogP contribution in [0.5, 0.6) is 0 Å². The van der Waals surface area contributed by atoms with E-state index in [2.05, 4.69) is 5.32 Å². The Morgan fingerprint density at radius 1 is 1.33 bits per heavy atom. The van der Waals surface area contributed by atoms with Crippen LogP contribution in [-0.4, -0.2) is 51.1 Å². The molecule has 0 spiro atoms. The minimum absolute atomic E-state index is 0.255. The van der Waals surface area contributed by atoms with Gasteiger partial charge in [0, 0.05) is 6.54 Å². The molecule has 0 fully saturated rings. The van der Waals surface area contributed by atoms with Crippen LogP contribution in [0.15, 0.2) is 0 Å². The molecule has 0 bridgehead atoms. The zero-order valence-corrected chi connectivity index (χ0v) is 7.21. The van der Waals surface area contributed by atoms with Crippen molar-refractivity contribution in [2.45, 2.75) is 0 Å². The van der Waals surface area contributed by atoms with Crippen LogP contribution in [0.2, 0.25) is 0 Å². The zero-order valence-electron chi connectivity index (χ0n) is 7.21. The van der Waals surface area contributed by atoms with Gasteiger partial charge in [0.15, 0.2) is 0 Å². The number of rotatable bonds is 8. The Hall–Kier alpha value is -0.650. The van der Waals surface area contributed by atoms with E-state index >= 15 is 0 Å². The number of ether oxygens (including phenoxy) is 2. The quantitative estimate of drug-likeness (QED) is 0.481. The number of aliphatic carboxylic acids is 1. The summed E-state index contributed by atoms with van der Waals surface area (Å²) in [7, 11) is 1.84. The maximum Gasteiger partial charge on any atom is 0.329 e. The predicted octanol–water partition coefficient (Wildman–Crippen LogP) is -0.676. The maximum absolute atomic E-state index is 9.96. The van der Waals surface area contributed by atoms with Crippen LogP contribution >= 0.6 is 0 Å². The molecule has 0 saturated heterocycles. The van der Waals surface area contributed by atoms with Crippen LogP contribution in [0.4, 0.5) is 0 Å². The third-order valence-electron chi connectivity index (χ3n) is 1.09. The number of nitrogens with one attached hydrogen (secondary N) is 1. The number of carboxylic acids is 1. The molecule has 0 radical (unpaired) electrons. The first-order valence-corrected chi connectivity index (χ1v) is 3.79. The molecule has 0 atom stereocenters. The Morgan fingerprint density at radius 3 is 2.58 bits per heavy atom. The standard InChI is InChI=1S/C7H15NO4/c1-8-2-3-11-4-5-12-6-7(9)10/h8H,2-6H2,1H3,(H,9,10). The van der Waals surface area contributed by atoms with Crippen LogP contribution in [0.3, 0.4) is 0 Å². The Labute approximate surface area is 71.7 Å². The Bertz CT molecular complexity index is 118. The molecule has 0 heterocycles. The van der Waals surface area contributed by atoms with Gasteiger partial charge in [0.05, 0.1) is 19.8 Å². The molecule has 72 valence electrons. The maximum atomic E-state index is 9.96. The van der Waals surface area contributed by atoms with Crippen molar-refractivity contribution in [2.24, 2.45) is 0 Å². The van der Waals surface area contributed by atoms with E-state index in [9.17, 15) is 4.79 Å². The SMILES string of the molecule is CNCCOCCOCC(=O)O. The van der Waals surface area contributed by atoms with E-state index in [-0.39, 0.29) is 6.61 Å². The average molecular weight is 177 g/mol. The van der Waals surface area contributed by atoms with Gasteiger partial charge in [-0.05, 0) is 7.05 Å². The molecule has 0 aromatic heterocycles. The summed E-state index contributed by atoms with van der Waals surface area (Å²) >= 11 is 0. The third-order valence-corrected chi connectivity index (χ3v) is 1.09. The van der Waals surface area contributed by atoms with Gasteiger partial charge in [-0.15, -0.1) is 0 Å². The van der Waals surface area contributed by atoms with E-state index in [0.717, 1.165) is 6.54 Å². The molecule has 0 aromatic carbocycles. The average Bonchev–Trinajstić information content (AvgIpc) is 2.02. The van der Waals surface area contributed by atoms with E-state index in [4.69, 9.17) is 14.6 Å². The summed E-state index contributed by atoms with van der Waals surface area (Å²) in [5.74, 6) is -0.953. The van der Waals surface area contributed by atoms with Gasteiger partial charge in [0.1, 0.15) is 6.61 Å². The summed E-state index contributed by atoms with van der Waals surface area (Å²) in [6.45, 7) is 1.92. The van der Waals surface area contributed by atoms with Gasteiger partial charge in [0.2, 0.25) is 0 Å². The zero-order chi connectivity index (χ0) is 9.23. The number of hydrogen-bond donors (Lipinski definition) is 2. The molecule has 5 heteroatoms. The first kappa shape index (κ1) is 11.4. The van der Waals surface area contributed by atoms with Crippen molar-refractivity contribution in [3.8, 4) is 0 Å². The van der Waals surface area contributed by atoms with Crippen molar-refractivity contribution in [3.63, 3.8) is 0 Å². The van der Waals surface area contributed by atoms with Crippen LogP contribution < -0.4 is 5.32 Å². The third kappa shape index (κ3) is 9.35. The molecule has 2 N–H and O–H groups in total. The van der Waals surface area contributed by atoms with Crippen molar-refractivity contribution in [2.75, 3.05) is 40.0 Å². The fourth-order valence-electron chi connectivity index (χ4n) is 0.554. The summed E-state index contributed by atoms with van der Waals surface area (Å²) in [5.41, 5.74) is 0. The lowest BCUT2D eigenvalue weighted by molar-refractivity contribution is -0.142. The molecule has 0 saturated carbocycles. The molecule has 0 amide bonds. The summed E-state index contributed by atoms with van der Waals surface area (Å²) in [4.78, 5) is 9.96. The van der Waals surface area contributed by atoms with Gasteiger partial charge in [0.25, 0.3) is 0 Å². The predicted molar refractivity (Wildman–Crippen MR) is 43.2 cm³/mol. The monoisotopic (exact) mass is 177 g/mol. The summed E-state index contributed by atoms with van der Waals surface area (Å²) in [6.07, 6.45) is 0. The van der Waals surface area contributed by atoms with Gasteiger partial charge >= 0.3 is 5.97 Å². The first-order chi connectivity index (χ1) is 5.77. The second-order valence-electron chi connectivity index (χ2n) is 2.16. The summed E-state index contributed by atoms with van der Waals surface area (Å²) in [5, 5.41) is 11.1. The molecule has 0 rings (SSSR count). The molecule has 0 aliphatic carbocycles. The topological polar surface area (TPSA) is 67.8 Å². The van der Waals surface area contributed by atoms with E-state index in [1.165, 1.54) is 0 Å². The molecule has 0 unspecified atom stereocenters. The lowest BCUT2D eigenvalue weighted by atomic mass is 10.6. The van der Waals surface area contributed by atoms with Crippen molar-refractivity contribution >= 4 is 5.97 Å². The second kappa shape index (κ2) is 8.45. The Balaban J connectivity index is 2.86. The van der Waals surface area contributed by atoms with Gasteiger partial charge in [-0.3, -0.25) is 0 Å². The molecule has 0 aliphatic rings. The second-order valence-corrected chi connectivity index (χ2v) is 2.16. The fraction of sp³-hybridized carbons (Fsp3) is 0.857. The Kier molecular flexibility index (Phi) is 7.99. The highest BCUT2D eigenvalue weighted by atomic mass is 16.5. The minimum atomic E-state index is -0.953. The molecule has 0 aliphatic heterocycles. The summed E-state index contributed by atoms with van der Waals surface area (Å²) < 4.78 is 9.81. The van der Waals surface area contributed by atoms with Gasteiger partial charge in [-0.1, -0.05) is 0 Å². The lowest BCUT2D eigenvalue weighted by Gasteiger charge is -2.03. The van der Waals surface area contributed by atoms with Crippen molar-refractivity contribution in [1.29, 1.82) is 0 Å². The Morgan fingerprint density at radius 2 is 2.00 bits per heavy atom. The van der Waals surface area contributed by atoms with E-state index in [1.807, 2.05) is 7.05 Å². The number of hydrogen-bond acceptors (Lipinski definition) is 4. The normalized spacial score (nSPS) is 10.1. The number of likely N-dealkylation sites (N-methyl/N-ethyl adjacent to an activating group) is 1. The number of carbonyl (C=O) groups is 1. The fourth-order valence-corrected chi connectivity index (χ4v) is 0.554. The van der Waals surface area contributed by atoms with E-state index < -0.39 is 5.97 Å². The minimum Gasteiger partial charge on any atom is -0.480 e. The van der Waals surface area contributed by atoms with Crippen LogP contribution in [-0.2, 0) is 14.3 Å². The molecule has 12 heavy (non-hydrogen) atoms. The van der Waals surface area contributed by atoms with Crippen molar-refractivity contribution in [3.05, 3.63) is 0 Å². The molecular formula is C7H15NO4. The highest BCUT2D eigenvalue weighted by Crippen LogP contribution is 1.77. The molecular weight excluding hydrogens is 162 g/mol. The largest absolute Gasteiger partial charge is 0.480 e. The first-order valence-electron chi connectivity index (χ1n) is 3.79. The smallest absolute Gasteiger partial charge is 0.329 e. The highest BCUT2D eigenvalue weighted by Gasteiger charge is 1.94. The van der Waals surface area contributed by atoms with Gasteiger partial charge in [-0.2, -0.15) is 0 Å². The van der Waals surface area contributed by atoms with E-state index in [0.29, 0.717) is 19.8 Å². The van der Waals surface area contributed by atoms with Gasteiger partial charge < -0.3 is 19.9 Å². The van der Waals surface area contributed by atoms with Crippen molar-refractivity contribution < 1.29 is 19.4 Å². The molecule has 5 nitrogen and oxygen atoms in total. The van der Waals surface area contributed by atoms with Crippen LogP contribution in [0.1, 0.15) is 0 Å². The molecule has 0 aromatic rings. The summed E-state index contributed by atoms with van der Waals surface area (Å²) in [6, 6.07) is 0.